The van der Waals surface area contributed by atoms with Crippen molar-refractivity contribution in [3.05, 3.63) is 35.8 Å². The zero-order valence-corrected chi connectivity index (χ0v) is 10.3. The molecule has 1 unspecified atom stereocenters. The molecule has 0 bridgehead atoms. The van der Waals surface area contributed by atoms with E-state index >= 15 is 0 Å². The zero-order valence-electron chi connectivity index (χ0n) is 9.52. The lowest BCUT2D eigenvalue weighted by molar-refractivity contribution is 0.767. The first kappa shape index (κ1) is 10.2. The Morgan fingerprint density at radius 3 is 3.19 bits per heavy atom. The van der Waals surface area contributed by atoms with Crippen molar-refractivity contribution in [2.24, 2.45) is 0 Å². The Morgan fingerprint density at radius 1 is 1.50 bits per heavy atom. The Bertz CT molecular complexity index is 498. The monoisotopic (exact) mass is 232 g/mol. The van der Waals surface area contributed by atoms with Crippen LogP contribution in [0.2, 0.25) is 0 Å². The highest BCUT2D eigenvalue weighted by Crippen LogP contribution is 2.28. The van der Waals surface area contributed by atoms with Gasteiger partial charge in [0, 0.05) is 23.6 Å². The van der Waals surface area contributed by atoms with E-state index in [1.165, 1.54) is 30.0 Å². The average molecular weight is 232 g/mol. The number of aromatic nitrogens is 2. The number of thioether (sulfide) groups is 1. The summed E-state index contributed by atoms with van der Waals surface area (Å²) in [6.07, 6.45) is 6.06. The third kappa shape index (κ3) is 1.84. The van der Waals surface area contributed by atoms with E-state index in [0.29, 0.717) is 0 Å². The van der Waals surface area contributed by atoms with Gasteiger partial charge in [-0.05, 0) is 37.7 Å². The molecule has 0 aliphatic carbocycles. The minimum Gasteiger partial charge on any atom is -0.304 e. The van der Waals surface area contributed by atoms with Crippen LogP contribution in [0.25, 0.3) is 5.65 Å². The van der Waals surface area contributed by atoms with Gasteiger partial charge in [-0.1, -0.05) is 6.07 Å². The molecule has 3 rings (SSSR count). The van der Waals surface area contributed by atoms with Gasteiger partial charge in [-0.3, -0.25) is 0 Å². The van der Waals surface area contributed by atoms with Crippen LogP contribution in [0.1, 0.15) is 24.2 Å². The first-order valence-electron chi connectivity index (χ1n) is 5.88. The molecule has 2 aromatic heterocycles. The maximum atomic E-state index is 4.69. The molecule has 1 atom stereocenters. The van der Waals surface area contributed by atoms with Crippen LogP contribution in [0.15, 0.2) is 24.4 Å². The second kappa shape index (κ2) is 4.13. The van der Waals surface area contributed by atoms with Crippen molar-refractivity contribution >= 4 is 17.4 Å². The van der Waals surface area contributed by atoms with Crippen molar-refractivity contribution in [1.82, 2.24) is 9.38 Å². The highest BCUT2D eigenvalue weighted by molar-refractivity contribution is 8.00. The average Bonchev–Trinajstić information content (AvgIpc) is 2.88. The normalized spacial score (nSPS) is 20.7. The molecule has 84 valence electrons. The van der Waals surface area contributed by atoms with Crippen LogP contribution >= 0.6 is 11.8 Å². The number of nitrogens with zero attached hydrogens (tertiary/aromatic N) is 2. The summed E-state index contributed by atoms with van der Waals surface area (Å²) >= 11 is 2.10. The molecule has 0 saturated carbocycles. The molecular weight excluding hydrogens is 216 g/mol. The van der Waals surface area contributed by atoms with E-state index in [-0.39, 0.29) is 0 Å². The number of pyridine rings is 1. The van der Waals surface area contributed by atoms with Crippen LogP contribution in [-0.4, -0.2) is 20.4 Å². The summed E-state index contributed by atoms with van der Waals surface area (Å²) in [5, 5.41) is 0.796. The second-order valence-corrected chi connectivity index (χ2v) is 5.88. The summed E-state index contributed by atoms with van der Waals surface area (Å²) in [6, 6.07) is 6.28. The number of aryl methyl sites for hydroxylation is 1. The second-order valence-electron chi connectivity index (χ2n) is 4.47. The van der Waals surface area contributed by atoms with E-state index in [2.05, 4.69) is 52.5 Å². The van der Waals surface area contributed by atoms with Crippen LogP contribution in [0.5, 0.6) is 0 Å². The summed E-state index contributed by atoms with van der Waals surface area (Å²) in [7, 11) is 0. The zero-order chi connectivity index (χ0) is 11.0. The predicted octanol–water partition coefficient (Wildman–Crippen LogP) is 3.08. The molecule has 2 aromatic rings. The first-order chi connectivity index (χ1) is 7.83. The van der Waals surface area contributed by atoms with Gasteiger partial charge in [0.15, 0.2) is 0 Å². The summed E-state index contributed by atoms with van der Waals surface area (Å²) < 4.78 is 2.19. The lowest BCUT2D eigenvalue weighted by Gasteiger charge is -2.03. The van der Waals surface area contributed by atoms with Gasteiger partial charge in [0.05, 0.1) is 5.69 Å². The predicted molar refractivity (Wildman–Crippen MR) is 69.1 cm³/mol. The van der Waals surface area contributed by atoms with Crippen LogP contribution in [0.4, 0.5) is 0 Å². The van der Waals surface area contributed by atoms with Gasteiger partial charge in [-0.15, -0.1) is 0 Å². The SMILES string of the molecule is Cc1cccc2nc(CC3CCCS3)cn12. The van der Waals surface area contributed by atoms with E-state index in [1.807, 2.05) is 0 Å². The molecular formula is C13H16N2S. The van der Waals surface area contributed by atoms with Crippen LogP contribution in [0.3, 0.4) is 0 Å². The van der Waals surface area contributed by atoms with Crippen molar-refractivity contribution in [2.75, 3.05) is 5.75 Å². The molecule has 3 heteroatoms. The molecule has 1 fully saturated rings. The highest BCUT2D eigenvalue weighted by Gasteiger charge is 2.17. The van der Waals surface area contributed by atoms with Gasteiger partial charge in [-0.2, -0.15) is 11.8 Å². The van der Waals surface area contributed by atoms with Crippen LogP contribution in [-0.2, 0) is 6.42 Å². The van der Waals surface area contributed by atoms with Gasteiger partial charge in [0.2, 0.25) is 0 Å². The molecule has 0 aromatic carbocycles. The van der Waals surface area contributed by atoms with Gasteiger partial charge >= 0.3 is 0 Å². The van der Waals surface area contributed by atoms with Gasteiger partial charge in [0.1, 0.15) is 5.65 Å². The van der Waals surface area contributed by atoms with Crippen LogP contribution < -0.4 is 0 Å². The van der Waals surface area contributed by atoms with Crippen LogP contribution in [0, 0.1) is 6.92 Å². The fraction of sp³-hybridized carbons (Fsp3) is 0.462. The molecule has 2 nitrogen and oxygen atoms in total. The Labute approximate surface area is 100 Å². The van der Waals surface area contributed by atoms with E-state index < -0.39 is 0 Å². The third-order valence-electron chi connectivity index (χ3n) is 3.21. The minimum absolute atomic E-state index is 0.796. The van der Waals surface area contributed by atoms with Crippen molar-refractivity contribution < 1.29 is 0 Å². The molecule has 3 heterocycles. The minimum atomic E-state index is 0.796. The van der Waals surface area contributed by atoms with Crippen molar-refractivity contribution in [3.63, 3.8) is 0 Å². The largest absolute Gasteiger partial charge is 0.304 e. The van der Waals surface area contributed by atoms with Gasteiger partial charge in [-0.25, -0.2) is 4.98 Å². The number of fused-ring (bicyclic) bond motifs is 1. The number of imidazole rings is 1. The molecule has 0 radical (unpaired) electrons. The van der Waals surface area contributed by atoms with Crippen molar-refractivity contribution in [2.45, 2.75) is 31.4 Å². The maximum absolute atomic E-state index is 4.69. The van der Waals surface area contributed by atoms with E-state index in [0.717, 1.165) is 17.3 Å². The Morgan fingerprint density at radius 2 is 2.44 bits per heavy atom. The maximum Gasteiger partial charge on any atom is 0.137 e. The standard InChI is InChI=1S/C13H16N2S/c1-10-4-2-6-13-14-11(9-15(10)13)8-12-5-3-7-16-12/h2,4,6,9,12H,3,5,7-8H2,1H3. The van der Waals surface area contributed by atoms with Gasteiger partial charge in [0.25, 0.3) is 0 Å². The highest BCUT2D eigenvalue weighted by atomic mass is 32.2. The molecule has 1 aliphatic rings. The Balaban J connectivity index is 1.90. The summed E-state index contributed by atoms with van der Waals surface area (Å²) in [6.45, 7) is 2.13. The number of rotatable bonds is 2. The molecule has 1 aliphatic heterocycles. The van der Waals surface area contributed by atoms with E-state index in [9.17, 15) is 0 Å². The molecule has 16 heavy (non-hydrogen) atoms. The Kier molecular flexibility index (Phi) is 2.64. The smallest absolute Gasteiger partial charge is 0.137 e. The fourth-order valence-electron chi connectivity index (χ4n) is 2.34. The van der Waals surface area contributed by atoms with E-state index in [1.54, 1.807) is 0 Å². The summed E-state index contributed by atoms with van der Waals surface area (Å²) in [5.41, 5.74) is 3.59. The fourth-order valence-corrected chi connectivity index (χ4v) is 3.62. The molecule has 1 saturated heterocycles. The molecule has 0 spiro atoms. The quantitative estimate of drug-likeness (QED) is 0.791. The first-order valence-corrected chi connectivity index (χ1v) is 6.93. The topological polar surface area (TPSA) is 17.3 Å². The summed E-state index contributed by atoms with van der Waals surface area (Å²) in [5.74, 6) is 1.33. The number of hydrogen-bond acceptors (Lipinski definition) is 2. The van der Waals surface area contributed by atoms with Crippen molar-refractivity contribution in [1.29, 1.82) is 0 Å². The summed E-state index contributed by atoms with van der Waals surface area (Å²) in [4.78, 5) is 4.69. The Hall–Kier alpha value is -0.960. The lowest BCUT2D eigenvalue weighted by atomic mass is 10.2. The van der Waals surface area contributed by atoms with Gasteiger partial charge < -0.3 is 4.40 Å². The third-order valence-corrected chi connectivity index (χ3v) is 4.60. The molecule has 0 N–H and O–H groups in total. The number of hydrogen-bond donors (Lipinski definition) is 0. The van der Waals surface area contributed by atoms with E-state index in [4.69, 9.17) is 0 Å². The van der Waals surface area contributed by atoms with Crippen molar-refractivity contribution in [3.8, 4) is 0 Å². The molecule has 0 amide bonds. The lowest BCUT2D eigenvalue weighted by Crippen LogP contribution is -2.01.